The van der Waals surface area contributed by atoms with Crippen LogP contribution >= 0.6 is 0 Å². The molecule has 21 heavy (non-hydrogen) atoms. The number of nitrogen functional groups attached to an aromatic ring is 1. The van der Waals surface area contributed by atoms with E-state index in [1.807, 2.05) is 20.8 Å². The highest BCUT2D eigenvalue weighted by molar-refractivity contribution is 5.92. The lowest BCUT2D eigenvalue weighted by Gasteiger charge is -2.14. The Balaban J connectivity index is 2.27. The van der Waals surface area contributed by atoms with Crippen molar-refractivity contribution in [2.45, 2.75) is 27.4 Å². The van der Waals surface area contributed by atoms with Gasteiger partial charge in [0.05, 0.1) is 0 Å². The molecule has 0 spiro atoms. The Morgan fingerprint density at radius 1 is 1.14 bits per heavy atom. The fourth-order valence-corrected chi connectivity index (χ4v) is 2.43. The summed E-state index contributed by atoms with van der Waals surface area (Å²) in [6, 6.07) is 8.82. The number of carboxylic acid groups (broad SMARTS) is 1. The standard InChI is InChI=1S/C17H19NO3/c1-10-6-11(2)15(12(3)7-10)9-21-16-5-4-13(18)8-14(16)17(19)20/h4-8H,9,18H2,1-3H3,(H,19,20). The van der Waals surface area contributed by atoms with E-state index in [4.69, 9.17) is 10.5 Å². The van der Waals surface area contributed by atoms with Gasteiger partial charge in [0.1, 0.15) is 17.9 Å². The third-order valence-electron chi connectivity index (χ3n) is 3.45. The van der Waals surface area contributed by atoms with Crippen molar-refractivity contribution in [1.29, 1.82) is 0 Å². The van der Waals surface area contributed by atoms with E-state index >= 15 is 0 Å². The smallest absolute Gasteiger partial charge is 0.339 e. The Hall–Kier alpha value is -2.49. The van der Waals surface area contributed by atoms with Gasteiger partial charge < -0.3 is 15.6 Å². The summed E-state index contributed by atoms with van der Waals surface area (Å²) in [5, 5.41) is 9.20. The molecule has 0 heterocycles. The monoisotopic (exact) mass is 285 g/mol. The van der Waals surface area contributed by atoms with Crippen molar-refractivity contribution in [3.05, 3.63) is 58.1 Å². The van der Waals surface area contributed by atoms with Crippen molar-refractivity contribution >= 4 is 11.7 Å². The quantitative estimate of drug-likeness (QED) is 0.844. The predicted octanol–water partition coefficient (Wildman–Crippen LogP) is 3.47. The van der Waals surface area contributed by atoms with Gasteiger partial charge >= 0.3 is 5.97 Å². The molecular formula is C17H19NO3. The number of benzene rings is 2. The molecule has 0 unspecified atom stereocenters. The first kappa shape index (κ1) is 14.9. The van der Waals surface area contributed by atoms with Crippen LogP contribution in [0.3, 0.4) is 0 Å². The van der Waals surface area contributed by atoms with Crippen LogP contribution in [-0.4, -0.2) is 11.1 Å². The Labute approximate surface area is 124 Å². The number of aryl methyl sites for hydroxylation is 3. The first-order chi connectivity index (χ1) is 9.88. The Bertz CT molecular complexity index is 669. The zero-order chi connectivity index (χ0) is 15.6. The molecule has 2 aromatic carbocycles. The number of hydrogen-bond acceptors (Lipinski definition) is 3. The maximum Gasteiger partial charge on any atom is 0.339 e. The molecule has 0 aliphatic rings. The van der Waals surface area contributed by atoms with Gasteiger partial charge in [0.25, 0.3) is 0 Å². The van der Waals surface area contributed by atoms with Crippen molar-refractivity contribution in [2.24, 2.45) is 0 Å². The van der Waals surface area contributed by atoms with Crippen molar-refractivity contribution < 1.29 is 14.6 Å². The molecule has 0 atom stereocenters. The second-order valence-corrected chi connectivity index (χ2v) is 5.23. The molecule has 0 amide bonds. The predicted molar refractivity (Wildman–Crippen MR) is 82.8 cm³/mol. The first-order valence-electron chi connectivity index (χ1n) is 6.71. The van der Waals surface area contributed by atoms with Crippen LogP contribution in [0.5, 0.6) is 5.75 Å². The molecule has 0 aliphatic heterocycles. The van der Waals surface area contributed by atoms with Gasteiger partial charge in [-0.1, -0.05) is 17.7 Å². The van der Waals surface area contributed by atoms with Crippen molar-refractivity contribution in [2.75, 3.05) is 5.73 Å². The molecule has 0 radical (unpaired) electrons. The summed E-state index contributed by atoms with van der Waals surface area (Å²) in [6.45, 7) is 6.44. The molecule has 4 heteroatoms. The fourth-order valence-electron chi connectivity index (χ4n) is 2.43. The second-order valence-electron chi connectivity index (χ2n) is 5.23. The van der Waals surface area contributed by atoms with Crippen LogP contribution in [0.15, 0.2) is 30.3 Å². The van der Waals surface area contributed by atoms with Crippen LogP contribution in [-0.2, 0) is 6.61 Å². The number of carbonyl (C=O) groups is 1. The average molecular weight is 285 g/mol. The van der Waals surface area contributed by atoms with E-state index in [0.717, 1.165) is 16.7 Å². The highest BCUT2D eigenvalue weighted by Crippen LogP contribution is 2.24. The third-order valence-corrected chi connectivity index (χ3v) is 3.45. The zero-order valence-electron chi connectivity index (χ0n) is 12.4. The molecule has 0 saturated heterocycles. The van der Waals surface area contributed by atoms with E-state index in [-0.39, 0.29) is 5.56 Å². The average Bonchev–Trinajstić information content (AvgIpc) is 2.38. The third kappa shape index (κ3) is 3.34. The number of aromatic carboxylic acids is 1. The van der Waals surface area contributed by atoms with E-state index in [1.54, 1.807) is 12.1 Å². The van der Waals surface area contributed by atoms with Crippen LogP contribution < -0.4 is 10.5 Å². The molecular weight excluding hydrogens is 266 g/mol. The summed E-state index contributed by atoms with van der Waals surface area (Å²) < 4.78 is 5.70. The molecule has 2 rings (SSSR count). The molecule has 0 aliphatic carbocycles. The van der Waals surface area contributed by atoms with Crippen LogP contribution in [0, 0.1) is 20.8 Å². The van der Waals surface area contributed by atoms with Crippen LogP contribution in [0.1, 0.15) is 32.6 Å². The zero-order valence-corrected chi connectivity index (χ0v) is 12.4. The number of carboxylic acids is 1. The van der Waals surface area contributed by atoms with Crippen molar-refractivity contribution in [1.82, 2.24) is 0 Å². The van der Waals surface area contributed by atoms with Gasteiger partial charge in [-0.2, -0.15) is 0 Å². The summed E-state index contributed by atoms with van der Waals surface area (Å²) >= 11 is 0. The van der Waals surface area contributed by atoms with Gasteiger partial charge in [-0.05, 0) is 55.7 Å². The van der Waals surface area contributed by atoms with Gasteiger partial charge in [0.15, 0.2) is 0 Å². The molecule has 3 N–H and O–H groups in total. The minimum Gasteiger partial charge on any atom is -0.488 e. The second kappa shape index (κ2) is 5.87. The lowest BCUT2D eigenvalue weighted by atomic mass is 10.0. The molecule has 4 nitrogen and oxygen atoms in total. The molecule has 0 aromatic heterocycles. The van der Waals surface area contributed by atoms with Crippen molar-refractivity contribution in [3.8, 4) is 5.75 Å². The van der Waals surface area contributed by atoms with Crippen LogP contribution in [0.4, 0.5) is 5.69 Å². The topological polar surface area (TPSA) is 72.5 Å². The molecule has 2 aromatic rings. The number of ether oxygens (including phenoxy) is 1. The Kier molecular flexibility index (Phi) is 4.17. The van der Waals surface area contributed by atoms with E-state index < -0.39 is 5.97 Å². The number of nitrogens with two attached hydrogens (primary N) is 1. The Morgan fingerprint density at radius 2 is 1.76 bits per heavy atom. The molecule has 0 bridgehead atoms. The normalized spacial score (nSPS) is 10.4. The minimum atomic E-state index is -1.05. The fraction of sp³-hybridized carbons (Fsp3) is 0.235. The number of hydrogen-bond donors (Lipinski definition) is 2. The maximum atomic E-state index is 11.2. The molecule has 0 saturated carbocycles. The van der Waals surface area contributed by atoms with Crippen LogP contribution in [0.25, 0.3) is 0 Å². The summed E-state index contributed by atoms with van der Waals surface area (Å²) in [6.07, 6.45) is 0. The summed E-state index contributed by atoms with van der Waals surface area (Å²) in [4.78, 5) is 11.2. The SMILES string of the molecule is Cc1cc(C)c(COc2ccc(N)cc2C(=O)O)c(C)c1. The van der Waals surface area contributed by atoms with Crippen LogP contribution in [0.2, 0.25) is 0 Å². The number of rotatable bonds is 4. The summed E-state index contributed by atoms with van der Waals surface area (Å²) in [5.41, 5.74) is 10.7. The van der Waals surface area contributed by atoms with Gasteiger partial charge in [0, 0.05) is 5.69 Å². The van der Waals surface area contributed by atoms with E-state index in [0.29, 0.717) is 18.0 Å². The van der Waals surface area contributed by atoms with Gasteiger partial charge in [-0.15, -0.1) is 0 Å². The van der Waals surface area contributed by atoms with Gasteiger partial charge in [-0.3, -0.25) is 0 Å². The molecule has 0 fully saturated rings. The maximum absolute atomic E-state index is 11.2. The van der Waals surface area contributed by atoms with Gasteiger partial charge in [-0.25, -0.2) is 4.79 Å². The van der Waals surface area contributed by atoms with Crippen molar-refractivity contribution in [3.63, 3.8) is 0 Å². The number of anilines is 1. The van der Waals surface area contributed by atoms with E-state index in [9.17, 15) is 9.90 Å². The highest BCUT2D eigenvalue weighted by atomic mass is 16.5. The largest absolute Gasteiger partial charge is 0.488 e. The summed E-state index contributed by atoms with van der Waals surface area (Å²) in [7, 11) is 0. The Morgan fingerprint density at radius 3 is 2.33 bits per heavy atom. The lowest BCUT2D eigenvalue weighted by Crippen LogP contribution is -2.06. The lowest BCUT2D eigenvalue weighted by molar-refractivity contribution is 0.0692. The van der Waals surface area contributed by atoms with E-state index in [1.165, 1.54) is 11.6 Å². The summed E-state index contributed by atoms with van der Waals surface area (Å²) in [5.74, 6) is -0.717. The minimum absolute atomic E-state index is 0.0809. The van der Waals surface area contributed by atoms with E-state index in [2.05, 4.69) is 12.1 Å². The highest BCUT2D eigenvalue weighted by Gasteiger charge is 2.13. The first-order valence-corrected chi connectivity index (χ1v) is 6.71. The van der Waals surface area contributed by atoms with Gasteiger partial charge in [0.2, 0.25) is 0 Å². The molecule has 110 valence electrons.